The Kier molecular flexibility index (Phi) is 6.32. The van der Waals surface area contributed by atoms with Crippen LogP contribution >= 0.6 is 0 Å². The molecule has 0 aromatic carbocycles. The summed E-state index contributed by atoms with van der Waals surface area (Å²) >= 11 is 0. The smallest absolute Gasteiger partial charge is 0.254 e. The van der Waals surface area contributed by atoms with Crippen molar-refractivity contribution in [1.29, 1.82) is 5.26 Å². The second-order valence-corrected chi connectivity index (χ2v) is 5.91. The van der Waals surface area contributed by atoms with E-state index >= 15 is 0 Å². The second-order valence-electron chi connectivity index (χ2n) is 5.91. The predicted molar refractivity (Wildman–Crippen MR) is 105 cm³/mol. The van der Waals surface area contributed by atoms with Gasteiger partial charge in [-0.25, -0.2) is 9.67 Å². The van der Waals surface area contributed by atoms with Crippen molar-refractivity contribution in [2.75, 3.05) is 25.0 Å². The topological polar surface area (TPSA) is 131 Å². The largest absolute Gasteiger partial charge is 0.477 e. The lowest BCUT2D eigenvalue weighted by molar-refractivity contribution is 0.0954. The van der Waals surface area contributed by atoms with Gasteiger partial charge in [-0.2, -0.15) is 10.4 Å². The van der Waals surface area contributed by atoms with Gasteiger partial charge in [0.25, 0.3) is 5.91 Å². The van der Waals surface area contributed by atoms with E-state index in [1.165, 1.54) is 6.20 Å². The van der Waals surface area contributed by atoms with Crippen LogP contribution in [0.4, 0.5) is 5.82 Å². The summed E-state index contributed by atoms with van der Waals surface area (Å²) in [5, 5.41) is 27.2. The molecule has 148 valence electrons. The van der Waals surface area contributed by atoms with E-state index in [1.54, 1.807) is 42.1 Å². The first-order valence-electron chi connectivity index (χ1n) is 9.02. The van der Waals surface area contributed by atoms with Crippen molar-refractivity contribution in [3.05, 3.63) is 53.5 Å². The van der Waals surface area contributed by atoms with E-state index in [0.717, 1.165) is 0 Å². The van der Waals surface area contributed by atoms with Gasteiger partial charge in [-0.3, -0.25) is 4.79 Å². The van der Waals surface area contributed by atoms with Crippen LogP contribution in [-0.2, 0) is 0 Å². The number of amides is 1. The average molecular weight is 392 g/mol. The molecule has 0 aliphatic rings. The number of nitriles is 1. The van der Waals surface area contributed by atoms with E-state index < -0.39 is 0 Å². The highest BCUT2D eigenvalue weighted by atomic mass is 16.5. The highest BCUT2D eigenvalue weighted by molar-refractivity contribution is 5.95. The summed E-state index contributed by atoms with van der Waals surface area (Å²) in [5.74, 6) is 1.16. The van der Waals surface area contributed by atoms with Crippen molar-refractivity contribution >= 4 is 11.7 Å². The molecule has 0 aliphatic carbocycles. The molecule has 3 aromatic rings. The van der Waals surface area contributed by atoms with Gasteiger partial charge in [0, 0.05) is 25.4 Å². The standard InChI is InChI=1S/C19H20N8O2/c1-3-29-17-7-6-16(25-26-17)27-13(2)15(12-24-27)19(28)23-10-9-22-18-14(11-20)5-4-8-21-18/h4-8,12H,3,9-10H2,1-2H3,(H,21,22)(H,23,28). The molecule has 3 heterocycles. The molecule has 0 atom stereocenters. The SMILES string of the molecule is CCOc1ccc(-n2ncc(C(=O)NCCNc3ncccc3C#N)c2C)nn1. The predicted octanol–water partition coefficient (Wildman–Crippen LogP) is 1.48. The Labute approximate surface area is 167 Å². The van der Waals surface area contributed by atoms with E-state index in [0.29, 0.717) is 54.0 Å². The van der Waals surface area contributed by atoms with Gasteiger partial charge in [0.1, 0.15) is 11.9 Å². The maximum absolute atomic E-state index is 12.5. The van der Waals surface area contributed by atoms with Crippen LogP contribution in [0.1, 0.15) is 28.5 Å². The van der Waals surface area contributed by atoms with Crippen LogP contribution in [0, 0.1) is 18.3 Å². The maximum atomic E-state index is 12.5. The fourth-order valence-corrected chi connectivity index (χ4v) is 2.60. The Morgan fingerprint density at radius 2 is 2.14 bits per heavy atom. The lowest BCUT2D eigenvalue weighted by Gasteiger charge is -2.08. The molecule has 0 saturated heterocycles. The molecular formula is C19H20N8O2. The lowest BCUT2D eigenvalue weighted by Crippen LogP contribution is -2.29. The third-order valence-electron chi connectivity index (χ3n) is 4.02. The Morgan fingerprint density at radius 3 is 2.86 bits per heavy atom. The molecule has 0 saturated carbocycles. The fraction of sp³-hybridized carbons (Fsp3) is 0.263. The van der Waals surface area contributed by atoms with Crippen LogP contribution in [0.25, 0.3) is 5.82 Å². The number of hydrogen-bond acceptors (Lipinski definition) is 8. The summed E-state index contributed by atoms with van der Waals surface area (Å²) in [6.07, 6.45) is 3.09. The van der Waals surface area contributed by atoms with Crippen LogP contribution in [-0.4, -0.2) is 50.6 Å². The zero-order chi connectivity index (χ0) is 20.6. The molecule has 0 aliphatic heterocycles. The highest BCUT2D eigenvalue weighted by Gasteiger charge is 2.16. The Balaban J connectivity index is 1.58. The molecule has 3 aromatic heterocycles. The van der Waals surface area contributed by atoms with Crippen molar-refractivity contribution in [2.45, 2.75) is 13.8 Å². The number of nitrogens with one attached hydrogen (secondary N) is 2. The third-order valence-corrected chi connectivity index (χ3v) is 4.02. The minimum absolute atomic E-state index is 0.254. The third kappa shape index (κ3) is 4.65. The molecule has 10 heteroatoms. The van der Waals surface area contributed by atoms with E-state index in [2.05, 4.69) is 37.0 Å². The van der Waals surface area contributed by atoms with Gasteiger partial charge in [-0.05, 0) is 32.0 Å². The van der Waals surface area contributed by atoms with E-state index in [1.807, 2.05) is 6.92 Å². The normalized spacial score (nSPS) is 10.2. The monoisotopic (exact) mass is 392 g/mol. The number of anilines is 1. The van der Waals surface area contributed by atoms with Gasteiger partial charge >= 0.3 is 0 Å². The number of rotatable bonds is 8. The quantitative estimate of drug-likeness (QED) is 0.551. The number of carbonyl (C=O) groups is 1. The first kappa shape index (κ1) is 19.8. The number of aromatic nitrogens is 5. The molecule has 0 unspecified atom stereocenters. The molecule has 0 spiro atoms. The summed E-state index contributed by atoms with van der Waals surface area (Å²) in [6.45, 7) is 4.94. The first-order chi connectivity index (χ1) is 14.1. The Morgan fingerprint density at radius 1 is 1.28 bits per heavy atom. The highest BCUT2D eigenvalue weighted by Crippen LogP contribution is 2.14. The lowest BCUT2D eigenvalue weighted by atomic mass is 10.2. The van der Waals surface area contributed by atoms with E-state index in [4.69, 9.17) is 10.00 Å². The summed E-state index contributed by atoms with van der Waals surface area (Å²) in [5.41, 5.74) is 1.54. The summed E-state index contributed by atoms with van der Waals surface area (Å²) < 4.78 is 6.82. The van der Waals surface area contributed by atoms with Gasteiger partial charge in [-0.15, -0.1) is 10.2 Å². The molecule has 29 heavy (non-hydrogen) atoms. The number of hydrogen-bond donors (Lipinski definition) is 2. The van der Waals surface area contributed by atoms with Gasteiger partial charge < -0.3 is 15.4 Å². The number of ether oxygens (including phenoxy) is 1. The molecule has 0 bridgehead atoms. The van der Waals surface area contributed by atoms with Crippen LogP contribution in [0.15, 0.2) is 36.7 Å². The van der Waals surface area contributed by atoms with Crippen molar-refractivity contribution in [2.24, 2.45) is 0 Å². The van der Waals surface area contributed by atoms with Crippen molar-refractivity contribution in [1.82, 2.24) is 30.3 Å². The Bertz CT molecular complexity index is 1020. The second kappa shape index (κ2) is 9.27. The summed E-state index contributed by atoms with van der Waals surface area (Å²) in [7, 11) is 0. The zero-order valence-corrected chi connectivity index (χ0v) is 16.1. The minimum atomic E-state index is -0.254. The Hall–Kier alpha value is -4.00. The average Bonchev–Trinajstić information content (AvgIpc) is 3.13. The molecular weight excluding hydrogens is 372 g/mol. The van der Waals surface area contributed by atoms with Crippen molar-refractivity contribution in [3.63, 3.8) is 0 Å². The van der Waals surface area contributed by atoms with Gasteiger partial charge in [0.2, 0.25) is 5.88 Å². The number of nitrogens with zero attached hydrogens (tertiary/aromatic N) is 6. The van der Waals surface area contributed by atoms with Crippen LogP contribution < -0.4 is 15.4 Å². The zero-order valence-electron chi connectivity index (χ0n) is 16.1. The van der Waals surface area contributed by atoms with Crippen LogP contribution in [0.2, 0.25) is 0 Å². The number of carbonyl (C=O) groups excluding carboxylic acids is 1. The van der Waals surface area contributed by atoms with E-state index in [9.17, 15) is 4.79 Å². The van der Waals surface area contributed by atoms with Gasteiger partial charge in [0.05, 0.1) is 29.6 Å². The molecule has 2 N–H and O–H groups in total. The summed E-state index contributed by atoms with van der Waals surface area (Å²) in [4.78, 5) is 16.6. The number of pyridine rings is 1. The summed E-state index contributed by atoms with van der Waals surface area (Å²) in [6, 6.07) is 8.86. The molecule has 0 fully saturated rings. The maximum Gasteiger partial charge on any atom is 0.254 e. The van der Waals surface area contributed by atoms with Crippen LogP contribution in [0.5, 0.6) is 5.88 Å². The van der Waals surface area contributed by atoms with E-state index in [-0.39, 0.29) is 5.91 Å². The molecule has 1 amide bonds. The molecule has 3 rings (SSSR count). The molecule has 0 radical (unpaired) electrons. The van der Waals surface area contributed by atoms with Gasteiger partial charge in [0.15, 0.2) is 5.82 Å². The van der Waals surface area contributed by atoms with Crippen molar-refractivity contribution in [3.8, 4) is 17.8 Å². The fourth-order valence-electron chi connectivity index (χ4n) is 2.60. The minimum Gasteiger partial charge on any atom is -0.477 e. The van der Waals surface area contributed by atoms with Crippen LogP contribution in [0.3, 0.4) is 0 Å². The van der Waals surface area contributed by atoms with Crippen molar-refractivity contribution < 1.29 is 9.53 Å². The van der Waals surface area contributed by atoms with Gasteiger partial charge in [-0.1, -0.05) is 0 Å². The first-order valence-corrected chi connectivity index (χ1v) is 9.02. The molecule has 10 nitrogen and oxygen atoms in total.